The van der Waals surface area contributed by atoms with E-state index in [2.05, 4.69) is 5.32 Å². The summed E-state index contributed by atoms with van der Waals surface area (Å²) in [4.78, 5) is 27.7. The molecule has 0 spiro atoms. The summed E-state index contributed by atoms with van der Waals surface area (Å²) in [6, 6.07) is 13.7. The van der Waals surface area contributed by atoms with Crippen LogP contribution in [0.2, 0.25) is 5.02 Å². The third-order valence-electron chi connectivity index (χ3n) is 5.05. The highest BCUT2D eigenvalue weighted by Gasteiger charge is 2.29. The Hall–Kier alpha value is -2.73. The zero-order chi connectivity index (χ0) is 22.8. The molecule has 0 heterocycles. The third-order valence-corrected chi connectivity index (χ3v) is 5.30. The standard InChI is InChI=1S/C24H31ClN2O4/c1-5-17(3)26-24(29)22(6-2)27(15-18-8-7-9-21(14-18)30-4)23(28)16-31-20-12-10-19(25)11-13-20/h7-14,17,22H,5-6,15-16H2,1-4H3,(H,26,29). The molecular formula is C24H31ClN2O4. The maximum atomic E-state index is 13.2. The van der Waals surface area contributed by atoms with E-state index in [0.29, 0.717) is 22.9 Å². The number of carbonyl (C=O) groups excluding carboxylic acids is 2. The molecule has 0 aliphatic carbocycles. The third kappa shape index (κ3) is 7.47. The maximum absolute atomic E-state index is 13.2. The minimum Gasteiger partial charge on any atom is -0.497 e. The Labute approximate surface area is 189 Å². The Morgan fingerprint density at radius 1 is 1.06 bits per heavy atom. The maximum Gasteiger partial charge on any atom is 0.261 e. The van der Waals surface area contributed by atoms with Crippen molar-refractivity contribution in [2.45, 2.75) is 52.2 Å². The van der Waals surface area contributed by atoms with Crippen LogP contribution in [0.3, 0.4) is 0 Å². The summed E-state index contributed by atoms with van der Waals surface area (Å²) >= 11 is 5.90. The number of hydrogen-bond donors (Lipinski definition) is 1. The Kier molecular flexibility index (Phi) is 9.66. The van der Waals surface area contributed by atoms with E-state index in [-0.39, 0.29) is 31.0 Å². The number of benzene rings is 2. The highest BCUT2D eigenvalue weighted by Crippen LogP contribution is 2.19. The first-order chi connectivity index (χ1) is 14.9. The molecule has 7 heteroatoms. The molecule has 0 saturated heterocycles. The van der Waals surface area contributed by atoms with Gasteiger partial charge in [0.25, 0.3) is 5.91 Å². The number of ether oxygens (including phenoxy) is 2. The first kappa shape index (κ1) is 24.5. The summed E-state index contributed by atoms with van der Waals surface area (Å²) in [7, 11) is 1.59. The molecule has 0 aromatic heterocycles. The van der Waals surface area contributed by atoms with Crippen molar-refractivity contribution in [2.75, 3.05) is 13.7 Å². The Morgan fingerprint density at radius 3 is 2.39 bits per heavy atom. The van der Waals surface area contributed by atoms with Crippen LogP contribution in [0.1, 0.15) is 39.2 Å². The van der Waals surface area contributed by atoms with Gasteiger partial charge in [-0.1, -0.05) is 37.6 Å². The number of methoxy groups -OCH3 is 1. The van der Waals surface area contributed by atoms with Crippen LogP contribution in [0, 0.1) is 0 Å². The van der Waals surface area contributed by atoms with Gasteiger partial charge < -0.3 is 19.7 Å². The van der Waals surface area contributed by atoms with Crippen LogP contribution in [0.15, 0.2) is 48.5 Å². The van der Waals surface area contributed by atoms with Crippen molar-refractivity contribution >= 4 is 23.4 Å². The molecule has 31 heavy (non-hydrogen) atoms. The summed E-state index contributed by atoms with van der Waals surface area (Å²) in [6.45, 7) is 5.94. The van der Waals surface area contributed by atoms with Gasteiger partial charge in [-0.2, -0.15) is 0 Å². The van der Waals surface area contributed by atoms with Crippen molar-refractivity contribution in [3.8, 4) is 11.5 Å². The number of carbonyl (C=O) groups is 2. The van der Waals surface area contributed by atoms with E-state index in [1.807, 2.05) is 45.0 Å². The average molecular weight is 447 g/mol. The molecular weight excluding hydrogens is 416 g/mol. The van der Waals surface area contributed by atoms with Crippen molar-refractivity contribution in [3.05, 3.63) is 59.1 Å². The summed E-state index contributed by atoms with van der Waals surface area (Å²) in [5.41, 5.74) is 0.869. The van der Waals surface area contributed by atoms with Gasteiger partial charge in [0.05, 0.1) is 7.11 Å². The van der Waals surface area contributed by atoms with E-state index in [4.69, 9.17) is 21.1 Å². The van der Waals surface area contributed by atoms with Gasteiger partial charge in [-0.15, -0.1) is 0 Å². The fourth-order valence-electron chi connectivity index (χ4n) is 3.09. The molecule has 0 bridgehead atoms. The second-order valence-corrected chi connectivity index (χ2v) is 7.79. The predicted octanol–water partition coefficient (Wildman–Crippen LogP) is 4.45. The Morgan fingerprint density at radius 2 is 1.77 bits per heavy atom. The van der Waals surface area contributed by atoms with E-state index in [1.54, 1.807) is 36.3 Å². The van der Waals surface area contributed by atoms with Gasteiger partial charge in [-0.25, -0.2) is 0 Å². The Bertz CT molecular complexity index is 857. The fourth-order valence-corrected chi connectivity index (χ4v) is 3.21. The fraction of sp³-hybridized carbons (Fsp3) is 0.417. The van der Waals surface area contributed by atoms with Gasteiger partial charge in [0.15, 0.2) is 6.61 Å². The second-order valence-electron chi connectivity index (χ2n) is 7.36. The van der Waals surface area contributed by atoms with E-state index in [9.17, 15) is 9.59 Å². The predicted molar refractivity (Wildman–Crippen MR) is 122 cm³/mol. The number of nitrogens with zero attached hydrogens (tertiary/aromatic N) is 1. The van der Waals surface area contributed by atoms with Gasteiger partial charge in [-0.3, -0.25) is 9.59 Å². The number of nitrogens with one attached hydrogen (secondary N) is 1. The van der Waals surface area contributed by atoms with Gasteiger partial charge in [-0.05, 0) is 61.7 Å². The van der Waals surface area contributed by atoms with Crippen molar-refractivity contribution in [1.29, 1.82) is 0 Å². The van der Waals surface area contributed by atoms with E-state index in [1.165, 1.54) is 0 Å². The van der Waals surface area contributed by atoms with Crippen LogP contribution in [0.5, 0.6) is 11.5 Å². The minimum atomic E-state index is -0.610. The van der Waals surface area contributed by atoms with Gasteiger partial charge in [0.1, 0.15) is 17.5 Å². The number of halogens is 1. The lowest BCUT2D eigenvalue weighted by Gasteiger charge is -2.31. The van der Waals surface area contributed by atoms with Crippen LogP contribution < -0.4 is 14.8 Å². The monoisotopic (exact) mass is 446 g/mol. The first-order valence-corrected chi connectivity index (χ1v) is 10.9. The normalized spacial score (nSPS) is 12.5. The molecule has 2 aromatic rings. The van der Waals surface area contributed by atoms with Crippen LogP contribution in [-0.4, -0.2) is 42.5 Å². The molecule has 2 amide bonds. The van der Waals surface area contributed by atoms with Gasteiger partial charge in [0.2, 0.25) is 5.91 Å². The molecule has 6 nitrogen and oxygen atoms in total. The van der Waals surface area contributed by atoms with Crippen LogP contribution in [0.4, 0.5) is 0 Å². The zero-order valence-corrected chi connectivity index (χ0v) is 19.3. The molecule has 2 aromatic carbocycles. The molecule has 0 fully saturated rings. The quantitative estimate of drug-likeness (QED) is 0.553. The van der Waals surface area contributed by atoms with Crippen molar-refractivity contribution in [2.24, 2.45) is 0 Å². The summed E-state index contributed by atoms with van der Waals surface area (Å²) in [5, 5.41) is 3.58. The zero-order valence-electron chi connectivity index (χ0n) is 18.6. The molecule has 0 aliphatic rings. The smallest absolute Gasteiger partial charge is 0.261 e. The molecule has 2 rings (SSSR count). The SMILES string of the molecule is CCC(C)NC(=O)C(CC)N(Cc1cccc(OC)c1)C(=O)COc1ccc(Cl)cc1. The molecule has 0 radical (unpaired) electrons. The molecule has 0 aliphatic heterocycles. The van der Waals surface area contributed by atoms with Crippen LogP contribution in [0.25, 0.3) is 0 Å². The summed E-state index contributed by atoms with van der Waals surface area (Å²) < 4.78 is 11.0. The van der Waals surface area contributed by atoms with E-state index >= 15 is 0 Å². The number of rotatable bonds is 11. The molecule has 2 unspecified atom stereocenters. The summed E-state index contributed by atoms with van der Waals surface area (Å²) in [5.74, 6) is 0.791. The van der Waals surface area contributed by atoms with Crippen molar-refractivity contribution in [1.82, 2.24) is 10.2 Å². The topological polar surface area (TPSA) is 67.9 Å². The number of hydrogen-bond acceptors (Lipinski definition) is 4. The largest absolute Gasteiger partial charge is 0.497 e. The van der Waals surface area contributed by atoms with Crippen LogP contribution in [-0.2, 0) is 16.1 Å². The van der Waals surface area contributed by atoms with Gasteiger partial charge >= 0.3 is 0 Å². The Balaban J connectivity index is 2.22. The lowest BCUT2D eigenvalue weighted by atomic mass is 10.1. The lowest BCUT2D eigenvalue weighted by Crippen LogP contribution is -2.51. The van der Waals surface area contributed by atoms with Crippen LogP contribution >= 0.6 is 11.6 Å². The van der Waals surface area contributed by atoms with E-state index in [0.717, 1.165) is 12.0 Å². The van der Waals surface area contributed by atoms with E-state index < -0.39 is 6.04 Å². The first-order valence-electron chi connectivity index (χ1n) is 10.5. The lowest BCUT2D eigenvalue weighted by molar-refractivity contribution is -0.143. The summed E-state index contributed by atoms with van der Waals surface area (Å²) in [6.07, 6.45) is 1.30. The number of amides is 2. The highest BCUT2D eigenvalue weighted by atomic mass is 35.5. The van der Waals surface area contributed by atoms with Gasteiger partial charge in [0, 0.05) is 17.6 Å². The molecule has 1 N–H and O–H groups in total. The molecule has 168 valence electrons. The second kappa shape index (κ2) is 12.2. The van der Waals surface area contributed by atoms with Crippen molar-refractivity contribution < 1.29 is 19.1 Å². The highest BCUT2D eigenvalue weighted by molar-refractivity contribution is 6.30. The average Bonchev–Trinajstić information content (AvgIpc) is 2.78. The molecule has 0 saturated carbocycles. The molecule has 2 atom stereocenters. The van der Waals surface area contributed by atoms with Crippen molar-refractivity contribution in [3.63, 3.8) is 0 Å². The minimum absolute atomic E-state index is 0.0284.